The Balaban J connectivity index is 0.000000279. The van der Waals surface area contributed by atoms with Gasteiger partial charge in [-0.1, -0.05) is 178 Å². The average molecular weight is 931 g/mol. The van der Waals surface area contributed by atoms with Gasteiger partial charge in [0.2, 0.25) is 0 Å². The van der Waals surface area contributed by atoms with Crippen molar-refractivity contribution in [1.29, 1.82) is 0 Å². The van der Waals surface area contributed by atoms with Crippen LogP contribution in [0.4, 0.5) is 5.69 Å². The fraction of sp³-hybridized carbons (Fsp3) is 0.134. The number of nitrogens with one attached hydrogen (secondary N) is 1. The molecule has 70 heavy (non-hydrogen) atoms. The van der Waals surface area contributed by atoms with E-state index in [2.05, 4.69) is 262 Å². The normalized spacial score (nSPS) is 13.8. The Morgan fingerprint density at radius 3 is 2.23 bits per heavy atom. The molecule has 2 aliphatic carbocycles. The molecule has 350 valence electrons. The molecule has 0 radical (unpaired) electrons. The molecule has 0 fully saturated rings. The molecular formula is C67H66N2S. The van der Waals surface area contributed by atoms with Crippen LogP contribution in [0, 0.1) is 12.8 Å². The highest BCUT2D eigenvalue weighted by molar-refractivity contribution is 7.19. The summed E-state index contributed by atoms with van der Waals surface area (Å²) in [6.45, 7) is 17.5. The molecule has 0 amide bonds. The molecule has 2 aromatic heterocycles. The van der Waals surface area contributed by atoms with Crippen LogP contribution in [0.15, 0.2) is 237 Å². The summed E-state index contributed by atoms with van der Waals surface area (Å²) in [5.41, 5.74) is 16.1. The molecule has 0 spiro atoms. The molecule has 0 saturated heterocycles. The highest BCUT2D eigenvalue weighted by Gasteiger charge is 2.16. The van der Waals surface area contributed by atoms with E-state index in [4.69, 9.17) is 0 Å². The molecule has 3 heteroatoms. The van der Waals surface area contributed by atoms with Gasteiger partial charge in [0.25, 0.3) is 0 Å². The first-order chi connectivity index (χ1) is 34.5. The highest BCUT2D eigenvalue weighted by atomic mass is 32.1. The monoisotopic (exact) mass is 930 g/mol. The second-order valence-electron chi connectivity index (χ2n) is 16.4. The molecule has 0 aliphatic heterocycles. The number of allylic oxidation sites excluding steroid dienone is 14. The van der Waals surface area contributed by atoms with E-state index < -0.39 is 0 Å². The van der Waals surface area contributed by atoms with Crippen molar-refractivity contribution < 1.29 is 0 Å². The lowest BCUT2D eigenvalue weighted by molar-refractivity contribution is 0.975. The van der Waals surface area contributed by atoms with Crippen molar-refractivity contribution in [2.75, 3.05) is 5.32 Å². The fourth-order valence-electron chi connectivity index (χ4n) is 8.79. The minimum absolute atomic E-state index is 0.992. The smallest absolute Gasteiger partial charge is 0.0541 e. The van der Waals surface area contributed by atoms with Crippen LogP contribution >= 0.6 is 11.3 Å². The summed E-state index contributed by atoms with van der Waals surface area (Å²) in [6, 6.07) is 50.1. The summed E-state index contributed by atoms with van der Waals surface area (Å²) in [7, 11) is 0. The predicted octanol–water partition coefficient (Wildman–Crippen LogP) is 19.1. The molecule has 0 bridgehead atoms. The highest BCUT2D eigenvalue weighted by Crippen LogP contribution is 2.38. The van der Waals surface area contributed by atoms with Crippen LogP contribution in [-0.4, -0.2) is 4.57 Å². The van der Waals surface area contributed by atoms with Crippen LogP contribution < -0.4 is 5.32 Å². The van der Waals surface area contributed by atoms with Gasteiger partial charge >= 0.3 is 0 Å². The predicted molar refractivity (Wildman–Crippen MR) is 313 cm³/mol. The number of hydrogen-bond acceptors (Lipinski definition) is 2. The first-order valence-corrected chi connectivity index (χ1v) is 25.1. The van der Waals surface area contributed by atoms with Crippen molar-refractivity contribution in [3.05, 3.63) is 264 Å². The average Bonchev–Trinajstić information content (AvgIpc) is 3.94. The Morgan fingerprint density at radius 2 is 1.44 bits per heavy atom. The maximum Gasteiger partial charge on any atom is 0.0541 e. The molecule has 2 aliphatic rings. The van der Waals surface area contributed by atoms with Crippen LogP contribution in [0.2, 0.25) is 0 Å². The van der Waals surface area contributed by atoms with Crippen molar-refractivity contribution in [3.8, 4) is 29.7 Å². The second kappa shape index (κ2) is 26.6. The topological polar surface area (TPSA) is 17.0 Å². The van der Waals surface area contributed by atoms with Gasteiger partial charge in [0.05, 0.1) is 11.0 Å². The Kier molecular flexibility index (Phi) is 19.6. The zero-order valence-electron chi connectivity index (χ0n) is 41.5. The van der Waals surface area contributed by atoms with E-state index in [0.717, 1.165) is 42.6 Å². The minimum Gasteiger partial charge on any atom is -0.356 e. The van der Waals surface area contributed by atoms with Crippen LogP contribution in [0.25, 0.3) is 60.4 Å². The SMILES string of the molecule is C#C.C=C1/C=C\C=C/Cc2c(C/C=C\C)cccc21.C=CC.CC.C\C=C/C(=C\C=C\C1=Cc2c(sc3ccccc23)CC1)Nc1cccc(-c2ccc3c(c2)c2ccccc2n3-c2ccccc2)c1. The van der Waals surface area contributed by atoms with Gasteiger partial charge in [-0.3, -0.25) is 0 Å². The standard InChI is InChI=1S/C43H34N2S.C17H18.C3H6.C2H6.C2H2/c1-2-12-33(15-10-13-30-23-26-43-39(27-30)37-20-7-9-22-42(37)46-43)44-34-16-11-14-31(28-34)32-24-25-41-38(29-32)36-19-6-8-21-40(36)45(41)35-17-4-3-5-18-35;1-3-4-10-15-11-8-13-16-14(2)9-6-5-7-12-17(15)16;1-3-2;2*1-2/h2-22,24-25,27-29,44H,23,26H2,1H3;3-9,11,13H,2,10,12H2,1H3;3H,1H2,2H3;1-2H3;1-2H/b12-2-,13-10+,33-15+;4-3-,7-5-,9-6-;;;. The van der Waals surface area contributed by atoms with Gasteiger partial charge in [0, 0.05) is 37.4 Å². The van der Waals surface area contributed by atoms with Crippen molar-refractivity contribution in [3.63, 3.8) is 0 Å². The van der Waals surface area contributed by atoms with Gasteiger partial charge in [-0.2, -0.15) is 0 Å². The lowest BCUT2D eigenvalue weighted by atomic mass is 9.91. The summed E-state index contributed by atoms with van der Waals surface area (Å²) in [4.78, 5) is 1.51. The van der Waals surface area contributed by atoms with Gasteiger partial charge in [-0.25, -0.2) is 0 Å². The van der Waals surface area contributed by atoms with E-state index in [1.807, 2.05) is 32.1 Å². The third kappa shape index (κ3) is 12.6. The number of aryl methyl sites for hydroxylation is 1. The van der Waals surface area contributed by atoms with Gasteiger partial charge in [0.15, 0.2) is 0 Å². The maximum atomic E-state index is 4.14. The minimum atomic E-state index is 0.992. The molecular weight excluding hydrogens is 865 g/mol. The number of nitrogens with zero attached hydrogens (tertiary/aromatic N) is 1. The van der Waals surface area contributed by atoms with E-state index in [-0.39, 0.29) is 0 Å². The second-order valence-corrected chi connectivity index (χ2v) is 17.5. The first-order valence-electron chi connectivity index (χ1n) is 24.3. The maximum absolute atomic E-state index is 4.14. The third-order valence-corrected chi connectivity index (χ3v) is 13.1. The summed E-state index contributed by atoms with van der Waals surface area (Å²) in [6.07, 6.45) is 39.9. The first kappa shape index (κ1) is 51.5. The quantitative estimate of drug-likeness (QED) is 0.0867. The lowest BCUT2D eigenvalue weighted by Gasteiger charge is -2.14. The van der Waals surface area contributed by atoms with Gasteiger partial charge in [0.1, 0.15) is 0 Å². The molecule has 6 aromatic carbocycles. The van der Waals surface area contributed by atoms with E-state index in [1.54, 1.807) is 6.08 Å². The number of para-hydroxylation sites is 2. The van der Waals surface area contributed by atoms with Crippen molar-refractivity contribution >= 4 is 60.6 Å². The Hall–Kier alpha value is -7.90. The van der Waals surface area contributed by atoms with Crippen molar-refractivity contribution in [2.24, 2.45) is 0 Å². The van der Waals surface area contributed by atoms with Crippen LogP contribution in [-0.2, 0) is 19.3 Å². The number of terminal acetylenes is 1. The number of hydrogen-bond donors (Lipinski definition) is 1. The third-order valence-electron chi connectivity index (χ3n) is 11.8. The Morgan fingerprint density at radius 1 is 0.729 bits per heavy atom. The molecule has 2 heterocycles. The molecule has 1 N–H and O–H groups in total. The fourth-order valence-corrected chi connectivity index (χ4v) is 9.97. The van der Waals surface area contributed by atoms with E-state index in [9.17, 15) is 0 Å². The number of benzene rings is 6. The summed E-state index contributed by atoms with van der Waals surface area (Å²) >= 11 is 1.94. The summed E-state index contributed by atoms with van der Waals surface area (Å²) in [5, 5.41) is 7.55. The molecule has 0 saturated carbocycles. The Labute approximate surface area is 422 Å². The van der Waals surface area contributed by atoms with Crippen LogP contribution in [0.1, 0.15) is 68.2 Å². The van der Waals surface area contributed by atoms with E-state index >= 15 is 0 Å². The number of anilines is 1. The Bertz CT molecular complexity index is 3280. The van der Waals surface area contributed by atoms with Crippen LogP contribution in [0.3, 0.4) is 0 Å². The van der Waals surface area contributed by atoms with E-state index in [1.165, 1.54) is 81.4 Å². The van der Waals surface area contributed by atoms with Gasteiger partial charge < -0.3 is 9.88 Å². The summed E-state index contributed by atoms with van der Waals surface area (Å²) in [5.74, 6) is 0. The number of rotatable bonds is 9. The van der Waals surface area contributed by atoms with Gasteiger partial charge in [-0.15, -0.1) is 30.8 Å². The number of fused-ring (bicyclic) bond motifs is 7. The molecule has 8 aromatic rings. The zero-order chi connectivity index (χ0) is 49.7. The van der Waals surface area contributed by atoms with Crippen molar-refractivity contribution in [1.82, 2.24) is 4.57 Å². The zero-order valence-corrected chi connectivity index (χ0v) is 42.4. The largest absolute Gasteiger partial charge is 0.356 e. The molecule has 0 atom stereocenters. The molecule has 2 nitrogen and oxygen atoms in total. The van der Waals surface area contributed by atoms with Gasteiger partial charge in [-0.05, 0) is 157 Å². The lowest BCUT2D eigenvalue weighted by Crippen LogP contribution is -1.98. The van der Waals surface area contributed by atoms with Crippen molar-refractivity contribution in [2.45, 2.75) is 60.3 Å². The molecule has 0 unspecified atom stereocenters. The summed E-state index contributed by atoms with van der Waals surface area (Å²) < 4.78 is 3.74. The van der Waals surface area contributed by atoms with Crippen LogP contribution in [0.5, 0.6) is 0 Å². The number of aromatic nitrogens is 1. The molecule has 10 rings (SSSR count). The number of thiophene rings is 1. The van der Waals surface area contributed by atoms with E-state index in [0.29, 0.717) is 0 Å².